The first-order chi connectivity index (χ1) is 17.8. The summed E-state index contributed by atoms with van der Waals surface area (Å²) in [6.45, 7) is 7.64. The van der Waals surface area contributed by atoms with Gasteiger partial charge >= 0.3 is 5.97 Å². The first-order valence-electron chi connectivity index (χ1n) is 12.0. The van der Waals surface area contributed by atoms with Crippen molar-refractivity contribution in [3.8, 4) is 17.2 Å². The van der Waals surface area contributed by atoms with E-state index in [1.54, 1.807) is 50.8 Å². The van der Waals surface area contributed by atoms with E-state index in [1.165, 1.54) is 11.3 Å². The molecule has 9 heteroatoms. The van der Waals surface area contributed by atoms with Crippen molar-refractivity contribution in [2.75, 3.05) is 20.8 Å². The lowest BCUT2D eigenvalue weighted by Gasteiger charge is -2.25. The number of hydrogen-bond donors (Lipinski definition) is 0. The van der Waals surface area contributed by atoms with Crippen LogP contribution >= 0.6 is 11.3 Å². The number of fused-ring (bicyclic) bond motifs is 1. The molecule has 0 amide bonds. The van der Waals surface area contributed by atoms with E-state index < -0.39 is 12.0 Å². The summed E-state index contributed by atoms with van der Waals surface area (Å²) in [6.07, 6.45) is 1.81. The van der Waals surface area contributed by atoms with Crippen molar-refractivity contribution < 1.29 is 23.7 Å². The number of allylic oxidation sites excluding steroid dienone is 1. The van der Waals surface area contributed by atoms with Crippen LogP contribution in [0.5, 0.6) is 17.2 Å². The number of nitrogens with zero attached hydrogens (tertiary/aromatic N) is 2. The molecule has 37 heavy (non-hydrogen) atoms. The summed E-state index contributed by atoms with van der Waals surface area (Å²) in [4.78, 5) is 31.9. The first kappa shape index (κ1) is 26.2. The summed E-state index contributed by atoms with van der Waals surface area (Å²) < 4.78 is 23.9. The molecule has 0 N–H and O–H groups in total. The Morgan fingerprint density at radius 3 is 2.43 bits per heavy atom. The van der Waals surface area contributed by atoms with Crippen molar-refractivity contribution in [2.45, 2.75) is 39.8 Å². The van der Waals surface area contributed by atoms with Crippen molar-refractivity contribution in [3.63, 3.8) is 0 Å². The number of thiazole rings is 1. The summed E-state index contributed by atoms with van der Waals surface area (Å²) in [5, 5.41) is 0. The van der Waals surface area contributed by atoms with Gasteiger partial charge in [0.2, 0.25) is 0 Å². The van der Waals surface area contributed by atoms with Gasteiger partial charge in [-0.1, -0.05) is 29.5 Å². The zero-order valence-corrected chi connectivity index (χ0v) is 22.5. The molecule has 0 bridgehead atoms. The van der Waals surface area contributed by atoms with Crippen LogP contribution in [0.1, 0.15) is 44.9 Å². The third kappa shape index (κ3) is 5.32. The van der Waals surface area contributed by atoms with Crippen LogP contribution in [0, 0.1) is 0 Å². The van der Waals surface area contributed by atoms with Crippen LogP contribution in [0.25, 0.3) is 6.08 Å². The molecule has 0 unspecified atom stereocenters. The lowest BCUT2D eigenvalue weighted by Crippen LogP contribution is -2.39. The maximum absolute atomic E-state index is 13.8. The molecule has 2 heterocycles. The maximum Gasteiger partial charge on any atom is 0.338 e. The van der Waals surface area contributed by atoms with Crippen LogP contribution in [0.15, 0.2) is 63.5 Å². The highest BCUT2D eigenvalue weighted by molar-refractivity contribution is 7.07. The van der Waals surface area contributed by atoms with Crippen molar-refractivity contribution in [1.82, 2.24) is 4.57 Å². The molecule has 194 valence electrons. The number of carbonyl (C=O) groups excluding carboxylic acids is 1. The Kier molecular flexibility index (Phi) is 7.83. The molecule has 1 aliphatic rings. The van der Waals surface area contributed by atoms with Crippen LogP contribution in [0.2, 0.25) is 0 Å². The number of hydrogen-bond acceptors (Lipinski definition) is 8. The fourth-order valence-electron chi connectivity index (χ4n) is 4.20. The van der Waals surface area contributed by atoms with Crippen LogP contribution in [0.4, 0.5) is 0 Å². The lowest BCUT2D eigenvalue weighted by molar-refractivity contribution is -0.139. The lowest BCUT2D eigenvalue weighted by atomic mass is 9.96. The second-order valence-electron chi connectivity index (χ2n) is 8.65. The number of ether oxygens (including phenoxy) is 4. The van der Waals surface area contributed by atoms with Crippen LogP contribution < -0.4 is 29.1 Å². The van der Waals surface area contributed by atoms with Crippen molar-refractivity contribution in [2.24, 2.45) is 4.99 Å². The summed E-state index contributed by atoms with van der Waals surface area (Å²) in [6, 6.07) is 12.2. The van der Waals surface area contributed by atoms with E-state index in [0.29, 0.717) is 37.9 Å². The number of methoxy groups -OCH3 is 2. The van der Waals surface area contributed by atoms with Crippen LogP contribution in [-0.4, -0.2) is 37.5 Å². The maximum atomic E-state index is 13.8. The van der Waals surface area contributed by atoms with E-state index in [2.05, 4.69) is 4.99 Å². The molecule has 1 aliphatic heterocycles. The fraction of sp³-hybridized carbons (Fsp3) is 0.321. The molecule has 0 radical (unpaired) electrons. The van der Waals surface area contributed by atoms with Gasteiger partial charge in [-0.2, -0.15) is 0 Å². The third-order valence-corrected chi connectivity index (χ3v) is 6.77. The Morgan fingerprint density at radius 1 is 1.11 bits per heavy atom. The number of benzene rings is 2. The number of esters is 1. The van der Waals surface area contributed by atoms with E-state index in [9.17, 15) is 9.59 Å². The smallest absolute Gasteiger partial charge is 0.338 e. The predicted octanol–water partition coefficient (Wildman–Crippen LogP) is 3.60. The Bertz CT molecular complexity index is 1520. The average molecular weight is 523 g/mol. The van der Waals surface area contributed by atoms with E-state index in [0.717, 1.165) is 11.1 Å². The van der Waals surface area contributed by atoms with Gasteiger partial charge in [0.05, 0.1) is 48.8 Å². The minimum Gasteiger partial charge on any atom is -0.493 e. The molecule has 0 fully saturated rings. The molecular formula is C28H30N2O6S. The number of rotatable bonds is 8. The van der Waals surface area contributed by atoms with Gasteiger partial charge in [0.1, 0.15) is 5.75 Å². The summed E-state index contributed by atoms with van der Waals surface area (Å²) in [5.41, 5.74) is 2.14. The normalized spacial score (nSPS) is 15.3. The van der Waals surface area contributed by atoms with Crippen molar-refractivity contribution in [1.29, 1.82) is 0 Å². The van der Waals surface area contributed by atoms with Gasteiger partial charge in [0.15, 0.2) is 16.3 Å². The van der Waals surface area contributed by atoms with Gasteiger partial charge in [-0.05, 0) is 69.2 Å². The Morgan fingerprint density at radius 2 is 1.81 bits per heavy atom. The fourth-order valence-corrected chi connectivity index (χ4v) is 5.25. The highest BCUT2D eigenvalue weighted by atomic mass is 32.1. The molecule has 8 nitrogen and oxygen atoms in total. The van der Waals surface area contributed by atoms with E-state index >= 15 is 0 Å². The third-order valence-electron chi connectivity index (χ3n) is 5.79. The minimum atomic E-state index is -0.684. The molecule has 4 rings (SSSR count). The highest BCUT2D eigenvalue weighted by Crippen LogP contribution is 2.32. The quantitative estimate of drug-likeness (QED) is 0.420. The molecule has 2 aromatic carbocycles. The zero-order valence-electron chi connectivity index (χ0n) is 21.7. The molecule has 0 saturated heterocycles. The Balaban J connectivity index is 1.88. The van der Waals surface area contributed by atoms with Gasteiger partial charge in [0.25, 0.3) is 5.56 Å². The molecule has 0 saturated carbocycles. The Labute approximate surface area is 219 Å². The topological polar surface area (TPSA) is 88.4 Å². The average Bonchev–Trinajstić information content (AvgIpc) is 3.17. The molecule has 1 atom stereocenters. The monoisotopic (exact) mass is 522 g/mol. The summed E-state index contributed by atoms with van der Waals surface area (Å²) >= 11 is 1.27. The van der Waals surface area contributed by atoms with Gasteiger partial charge < -0.3 is 18.9 Å². The Hall–Kier alpha value is -3.85. The molecule has 0 spiro atoms. The summed E-state index contributed by atoms with van der Waals surface area (Å²) in [5.74, 6) is 1.37. The standard InChI is InChI=1S/C28H30N2O6S/c1-7-35-27(32)24-17(4)29-28-30(25(24)19-9-11-20(12-10-19)36-16(2)3)26(31)23(37-28)15-18-8-13-21(33-5)22(14-18)34-6/h8-16,25H,7H2,1-6H3/b23-15-/t25-/m0/s1. The van der Waals surface area contributed by atoms with Crippen molar-refractivity contribution >= 4 is 23.4 Å². The highest BCUT2D eigenvalue weighted by Gasteiger charge is 2.33. The minimum absolute atomic E-state index is 0.0253. The molecule has 0 aliphatic carbocycles. The van der Waals surface area contributed by atoms with Crippen LogP contribution in [0.3, 0.4) is 0 Å². The molecule has 3 aromatic rings. The molecular weight excluding hydrogens is 492 g/mol. The van der Waals surface area contributed by atoms with E-state index in [1.807, 2.05) is 44.2 Å². The zero-order chi connectivity index (χ0) is 26.7. The SMILES string of the molecule is CCOC(=O)C1=C(C)N=c2s/c(=C\c3ccc(OC)c(OC)c3)c(=O)n2[C@H]1c1ccc(OC(C)C)cc1. The predicted molar refractivity (Wildman–Crippen MR) is 142 cm³/mol. The second-order valence-corrected chi connectivity index (χ2v) is 9.66. The summed E-state index contributed by atoms with van der Waals surface area (Å²) in [7, 11) is 3.13. The van der Waals surface area contributed by atoms with Gasteiger partial charge in [0, 0.05) is 0 Å². The largest absolute Gasteiger partial charge is 0.493 e. The number of carbonyl (C=O) groups is 1. The van der Waals surface area contributed by atoms with Gasteiger partial charge in [-0.25, -0.2) is 9.79 Å². The first-order valence-corrected chi connectivity index (χ1v) is 12.8. The van der Waals surface area contributed by atoms with E-state index in [-0.39, 0.29) is 18.3 Å². The number of aromatic nitrogens is 1. The second kappa shape index (κ2) is 11.0. The van der Waals surface area contributed by atoms with Gasteiger partial charge in [-0.15, -0.1) is 0 Å². The van der Waals surface area contributed by atoms with E-state index in [4.69, 9.17) is 18.9 Å². The van der Waals surface area contributed by atoms with Crippen LogP contribution in [-0.2, 0) is 9.53 Å². The van der Waals surface area contributed by atoms with Crippen molar-refractivity contribution in [3.05, 3.63) is 84.5 Å². The van der Waals surface area contributed by atoms with Gasteiger partial charge in [-0.3, -0.25) is 9.36 Å². The molecule has 1 aromatic heterocycles.